The van der Waals surface area contributed by atoms with E-state index < -0.39 is 54.0 Å². The number of nitrogens with zero attached hydrogens (tertiary/aromatic N) is 6. The summed E-state index contributed by atoms with van der Waals surface area (Å²) in [6.07, 6.45) is 1.94. The second kappa shape index (κ2) is 16.0. The monoisotopic (exact) mass is 808 g/mol. The number of fused-ring (bicyclic) bond motifs is 1. The van der Waals surface area contributed by atoms with Gasteiger partial charge in [0, 0.05) is 11.1 Å². The van der Waals surface area contributed by atoms with Gasteiger partial charge in [-0.1, -0.05) is 92.8 Å². The lowest BCUT2D eigenvalue weighted by atomic mass is 9.97. The van der Waals surface area contributed by atoms with E-state index >= 15 is 0 Å². The Labute approximate surface area is 334 Å². The Morgan fingerprint density at radius 1 is 0.965 bits per heavy atom. The molecule has 3 aromatic carbocycles. The third kappa shape index (κ3) is 7.72. The Bertz CT molecular complexity index is 2520. The summed E-state index contributed by atoms with van der Waals surface area (Å²) in [7, 11) is -2.03. The van der Waals surface area contributed by atoms with E-state index in [1.807, 2.05) is 81.4 Å². The number of halogens is 1. The van der Waals surface area contributed by atoms with Gasteiger partial charge in [-0.3, -0.25) is 14.2 Å². The van der Waals surface area contributed by atoms with Gasteiger partial charge in [0.05, 0.1) is 49.5 Å². The Morgan fingerprint density at radius 3 is 2.11 bits per heavy atom. The highest BCUT2D eigenvalue weighted by molar-refractivity contribution is 7.21. The zero-order valence-corrected chi connectivity index (χ0v) is 35.0. The summed E-state index contributed by atoms with van der Waals surface area (Å²) in [4.78, 5) is 46.1. The minimum absolute atomic E-state index is 0.0848. The number of thiophene rings is 1. The van der Waals surface area contributed by atoms with E-state index in [1.165, 1.54) is 54.0 Å². The molecule has 0 bridgehead atoms. The highest BCUT2D eigenvalue weighted by atomic mass is 32.1. The maximum atomic E-state index is 15.0. The minimum Gasteiger partial charge on any atom is -0.508 e. The third-order valence-electron chi connectivity index (χ3n) is 10.1. The summed E-state index contributed by atoms with van der Waals surface area (Å²) >= 11 is 1.12. The molecule has 0 aliphatic heterocycles. The summed E-state index contributed by atoms with van der Waals surface area (Å²) in [5, 5.41) is 20.1. The number of benzene rings is 3. The van der Waals surface area contributed by atoms with Crippen molar-refractivity contribution in [3.8, 4) is 16.8 Å². The molecule has 0 spiro atoms. The molecule has 3 heterocycles. The van der Waals surface area contributed by atoms with Crippen LogP contribution in [0.3, 0.4) is 0 Å². The number of aryl methyl sites for hydroxylation is 1. The Kier molecular flexibility index (Phi) is 11.5. The van der Waals surface area contributed by atoms with Crippen LogP contribution in [-0.4, -0.2) is 52.1 Å². The molecule has 0 radical (unpaired) electrons. The number of rotatable bonds is 13. The molecule has 15 heteroatoms. The fourth-order valence-electron chi connectivity index (χ4n) is 7.06. The van der Waals surface area contributed by atoms with Gasteiger partial charge in [0.1, 0.15) is 33.5 Å². The number of carbonyl (C=O) groups is 1. The van der Waals surface area contributed by atoms with E-state index in [2.05, 4.69) is 16.3 Å². The third-order valence-corrected chi connectivity index (χ3v) is 16.2. The molecular weight excluding hydrogens is 764 g/mol. The summed E-state index contributed by atoms with van der Waals surface area (Å²) in [5.41, 5.74) is -1.70. The lowest BCUT2D eigenvalue weighted by Crippen LogP contribution is -2.67. The molecule has 1 unspecified atom stereocenters. The molecule has 0 amide bonds. The first-order valence-corrected chi connectivity index (χ1v) is 21.1. The molecule has 12 nitrogen and oxygen atoms in total. The van der Waals surface area contributed by atoms with Gasteiger partial charge in [0.25, 0.3) is 5.56 Å². The standard InChI is InChI=1S/C42H45FN6O6SSi/c1-27-35-36(50)48(28(2)39(51)55-57(41(3,4)5,30-15-11-9-12-16-30)31-17-13-10-14-18-31)40(52)47(38(35)56-37(27)49-45-21-22-46-49)24-34(54-26-42(6,7)25-44)32-23-29(43)19-20-33(32)53-8/h9-23,28,34H,24,26H2,1-8H3/t28?,34-/m0/s1. The van der Waals surface area contributed by atoms with E-state index in [0.29, 0.717) is 16.3 Å². The fourth-order valence-corrected chi connectivity index (χ4v) is 12.7. The second-order valence-corrected chi connectivity index (χ2v) is 20.7. The van der Waals surface area contributed by atoms with Crippen LogP contribution in [0.2, 0.25) is 5.04 Å². The lowest BCUT2D eigenvalue weighted by Gasteiger charge is -2.42. The average molecular weight is 809 g/mol. The van der Waals surface area contributed by atoms with Crippen molar-refractivity contribution >= 4 is 46.2 Å². The Hall–Kier alpha value is -5.69. The maximum absolute atomic E-state index is 15.0. The first-order chi connectivity index (χ1) is 27.0. The number of hydrogen-bond acceptors (Lipinski definition) is 10. The predicted octanol–water partition coefficient (Wildman–Crippen LogP) is 6.23. The zero-order valence-electron chi connectivity index (χ0n) is 33.1. The molecule has 6 aromatic rings. The minimum atomic E-state index is -3.46. The van der Waals surface area contributed by atoms with Crippen LogP contribution in [0.1, 0.15) is 64.8 Å². The molecule has 0 saturated carbocycles. The number of nitriles is 1. The van der Waals surface area contributed by atoms with E-state index in [9.17, 15) is 24.0 Å². The maximum Gasteiger partial charge on any atom is 0.333 e. The lowest BCUT2D eigenvalue weighted by molar-refractivity contribution is -0.138. The molecule has 6 rings (SSSR count). The summed E-state index contributed by atoms with van der Waals surface area (Å²) in [6, 6.07) is 23.9. The summed E-state index contributed by atoms with van der Waals surface area (Å²) in [5.74, 6) is -1.04. The molecule has 0 N–H and O–H groups in total. The molecule has 0 fully saturated rings. The molecule has 3 aromatic heterocycles. The van der Waals surface area contributed by atoms with Crippen molar-refractivity contribution < 1.29 is 23.1 Å². The van der Waals surface area contributed by atoms with Gasteiger partial charge in [-0.15, -0.1) is 4.80 Å². The average Bonchev–Trinajstić information content (AvgIpc) is 3.85. The SMILES string of the molecule is COc1ccc(F)cc1[C@H](Cn1c(=O)n(C(C)C(=O)O[Si](c2ccccc2)(c2ccccc2)C(C)(C)C)c(=O)c2c(C)c(-n3nccn3)sc21)OCC(C)(C)C#N. The Morgan fingerprint density at radius 2 is 1.56 bits per heavy atom. The van der Waals surface area contributed by atoms with Gasteiger partial charge in [-0.25, -0.2) is 13.8 Å². The quantitative estimate of drug-likeness (QED) is 0.124. The van der Waals surface area contributed by atoms with Gasteiger partial charge in [0.15, 0.2) is 0 Å². The normalized spacial score (nSPS) is 13.3. The molecule has 296 valence electrons. The van der Waals surface area contributed by atoms with Crippen molar-refractivity contribution in [2.45, 2.75) is 72.2 Å². The van der Waals surface area contributed by atoms with Gasteiger partial charge < -0.3 is 13.9 Å². The summed E-state index contributed by atoms with van der Waals surface area (Å²) < 4.78 is 35.9. The van der Waals surface area contributed by atoms with Crippen LogP contribution in [0.5, 0.6) is 5.75 Å². The first-order valence-electron chi connectivity index (χ1n) is 18.4. The van der Waals surface area contributed by atoms with Crippen LogP contribution in [-0.2, 0) is 20.5 Å². The fraction of sp³-hybridized carbons (Fsp3) is 0.333. The van der Waals surface area contributed by atoms with Crippen molar-refractivity contribution in [3.63, 3.8) is 0 Å². The number of methoxy groups -OCH3 is 1. The second-order valence-electron chi connectivity index (χ2n) is 15.5. The van der Waals surface area contributed by atoms with Crippen molar-refractivity contribution in [2.75, 3.05) is 13.7 Å². The van der Waals surface area contributed by atoms with Crippen LogP contribution in [0.25, 0.3) is 15.2 Å². The summed E-state index contributed by atoms with van der Waals surface area (Å²) in [6.45, 7) is 12.3. The van der Waals surface area contributed by atoms with E-state index in [0.717, 1.165) is 26.3 Å². The van der Waals surface area contributed by atoms with Gasteiger partial charge >= 0.3 is 20.0 Å². The molecular formula is C42H45FN6O6SSi. The zero-order chi connectivity index (χ0) is 41.3. The van der Waals surface area contributed by atoms with Crippen molar-refractivity contribution in [3.05, 3.63) is 129 Å². The topological polar surface area (TPSA) is 143 Å². The largest absolute Gasteiger partial charge is 0.508 e. The van der Waals surface area contributed by atoms with Crippen LogP contribution < -0.4 is 26.4 Å². The molecule has 0 saturated heterocycles. The smallest absolute Gasteiger partial charge is 0.333 e. The number of ether oxygens (including phenoxy) is 2. The number of hydrogen-bond donors (Lipinski definition) is 0. The predicted molar refractivity (Wildman–Crippen MR) is 219 cm³/mol. The van der Waals surface area contributed by atoms with Gasteiger partial charge in [-0.2, -0.15) is 15.5 Å². The van der Waals surface area contributed by atoms with E-state index in [1.54, 1.807) is 20.8 Å². The molecule has 2 atom stereocenters. The van der Waals surface area contributed by atoms with Gasteiger partial charge in [0.2, 0.25) is 0 Å². The van der Waals surface area contributed by atoms with Crippen LogP contribution in [0.15, 0.2) is 101 Å². The van der Waals surface area contributed by atoms with E-state index in [4.69, 9.17) is 13.9 Å². The van der Waals surface area contributed by atoms with Crippen molar-refractivity contribution in [1.82, 2.24) is 24.1 Å². The number of aromatic nitrogens is 5. The van der Waals surface area contributed by atoms with Crippen LogP contribution in [0.4, 0.5) is 4.39 Å². The van der Waals surface area contributed by atoms with Crippen molar-refractivity contribution in [1.29, 1.82) is 5.26 Å². The Balaban J connectivity index is 1.57. The first kappa shape index (κ1) is 41.0. The van der Waals surface area contributed by atoms with Gasteiger partial charge in [-0.05, 0) is 61.3 Å². The highest BCUT2D eigenvalue weighted by Gasteiger charge is 2.53. The molecule has 0 aliphatic rings. The number of carbonyl (C=O) groups excluding carboxylic acids is 1. The molecule has 0 aliphatic carbocycles. The molecule has 57 heavy (non-hydrogen) atoms. The van der Waals surface area contributed by atoms with Crippen LogP contribution >= 0.6 is 11.3 Å². The highest BCUT2D eigenvalue weighted by Crippen LogP contribution is 2.38. The van der Waals surface area contributed by atoms with E-state index in [-0.39, 0.29) is 28.9 Å². The van der Waals surface area contributed by atoms with Crippen molar-refractivity contribution in [2.24, 2.45) is 5.41 Å². The van der Waals surface area contributed by atoms with Crippen LogP contribution in [0, 0.1) is 29.5 Å².